The number of carboxylic acid groups (broad SMARTS) is 1. The number of ether oxygens (including phenoxy) is 3. The molecule has 2 atom stereocenters. The van der Waals surface area contributed by atoms with Gasteiger partial charge in [-0.2, -0.15) is 0 Å². The molecular weight excluding hydrogens is 500 g/mol. The van der Waals surface area contributed by atoms with Gasteiger partial charge in [0.25, 0.3) is 0 Å². The van der Waals surface area contributed by atoms with Crippen molar-refractivity contribution in [3.8, 4) is 11.5 Å². The standard InChI is InChI=1S/C29H30O7.C2H6O/c1-18-25(14-13-24(19(2)30)27(18)31)35-17-20-9-11-21(12-10-20)28(36-26-8-3-4-15-34-26)22-6-5-7-23(16-22)29(32)33;1-2-3/h5-7,9-14,16,26,28,31H,3-4,8,15,17H2,1-2H3,(H,32,33);3H,2H2,1H3. The molecule has 1 saturated heterocycles. The lowest BCUT2D eigenvalue weighted by Gasteiger charge is -2.28. The van der Waals surface area contributed by atoms with E-state index in [4.69, 9.17) is 19.3 Å². The molecule has 3 aromatic rings. The Morgan fingerprint density at radius 1 is 1.05 bits per heavy atom. The molecule has 0 aromatic heterocycles. The topological polar surface area (TPSA) is 123 Å². The van der Waals surface area contributed by atoms with E-state index in [1.807, 2.05) is 30.3 Å². The van der Waals surface area contributed by atoms with E-state index in [2.05, 4.69) is 0 Å². The highest BCUT2D eigenvalue weighted by Gasteiger charge is 2.23. The van der Waals surface area contributed by atoms with Crippen molar-refractivity contribution in [2.45, 2.75) is 59.0 Å². The zero-order valence-electron chi connectivity index (χ0n) is 22.6. The normalized spacial score (nSPS) is 15.5. The summed E-state index contributed by atoms with van der Waals surface area (Å²) in [5, 5.41) is 27.3. The van der Waals surface area contributed by atoms with Crippen LogP contribution in [0, 0.1) is 6.92 Å². The van der Waals surface area contributed by atoms with Crippen LogP contribution in [0.15, 0.2) is 60.7 Å². The van der Waals surface area contributed by atoms with Gasteiger partial charge in [-0.25, -0.2) is 4.79 Å². The van der Waals surface area contributed by atoms with E-state index < -0.39 is 12.1 Å². The molecule has 1 fully saturated rings. The fourth-order valence-corrected chi connectivity index (χ4v) is 4.23. The molecular formula is C31H36O8. The maximum Gasteiger partial charge on any atom is 0.335 e. The van der Waals surface area contributed by atoms with Crippen molar-refractivity contribution in [2.24, 2.45) is 0 Å². The number of aliphatic hydroxyl groups is 1. The molecule has 3 N–H and O–H groups in total. The number of carbonyl (C=O) groups excluding carboxylic acids is 1. The van der Waals surface area contributed by atoms with Crippen molar-refractivity contribution in [3.05, 3.63) is 94.0 Å². The molecule has 1 heterocycles. The number of Topliss-reactive ketones (excluding diaryl/α,β-unsaturated/α-hetero) is 1. The van der Waals surface area contributed by atoms with Crippen molar-refractivity contribution in [3.63, 3.8) is 0 Å². The van der Waals surface area contributed by atoms with Crippen LogP contribution in [-0.4, -0.2) is 46.6 Å². The Morgan fingerprint density at radius 2 is 1.77 bits per heavy atom. The molecule has 0 saturated carbocycles. The van der Waals surface area contributed by atoms with Crippen LogP contribution in [0.4, 0.5) is 0 Å². The summed E-state index contributed by atoms with van der Waals surface area (Å²) in [6.07, 6.45) is 1.97. The second kappa shape index (κ2) is 14.4. The van der Waals surface area contributed by atoms with Gasteiger partial charge in [-0.15, -0.1) is 0 Å². The first-order valence-electron chi connectivity index (χ1n) is 13.0. The fraction of sp³-hybridized carbons (Fsp3) is 0.355. The smallest absolute Gasteiger partial charge is 0.335 e. The monoisotopic (exact) mass is 536 g/mol. The molecule has 39 heavy (non-hydrogen) atoms. The lowest BCUT2D eigenvalue weighted by atomic mass is 9.98. The van der Waals surface area contributed by atoms with Crippen LogP contribution in [0.2, 0.25) is 0 Å². The van der Waals surface area contributed by atoms with Gasteiger partial charge in [-0.1, -0.05) is 36.4 Å². The number of carboxylic acids is 1. The Kier molecular flexibility index (Phi) is 11.0. The Morgan fingerprint density at radius 3 is 2.38 bits per heavy atom. The van der Waals surface area contributed by atoms with Gasteiger partial charge in [0, 0.05) is 18.8 Å². The van der Waals surface area contributed by atoms with Crippen LogP contribution < -0.4 is 4.74 Å². The number of aromatic hydroxyl groups is 1. The zero-order chi connectivity index (χ0) is 28.4. The summed E-state index contributed by atoms with van der Waals surface area (Å²) in [5.41, 5.74) is 3.49. The highest BCUT2D eigenvalue weighted by atomic mass is 16.7. The van der Waals surface area contributed by atoms with Gasteiger partial charge in [0.1, 0.15) is 24.2 Å². The number of phenols is 1. The number of aliphatic hydroxyl groups excluding tert-OH is 1. The summed E-state index contributed by atoms with van der Waals surface area (Å²) in [6.45, 7) is 5.96. The van der Waals surface area contributed by atoms with E-state index in [1.54, 1.807) is 44.2 Å². The summed E-state index contributed by atoms with van der Waals surface area (Å²) in [6, 6.07) is 17.7. The van der Waals surface area contributed by atoms with E-state index in [0.717, 1.165) is 36.0 Å². The lowest BCUT2D eigenvalue weighted by Crippen LogP contribution is -2.25. The SMILES string of the molecule is CC(=O)c1ccc(OCc2ccc(C(OC3CCCCO3)c3cccc(C(=O)O)c3)cc2)c(C)c1O.CCO. The first-order valence-corrected chi connectivity index (χ1v) is 13.0. The van der Waals surface area contributed by atoms with Crippen molar-refractivity contribution in [1.29, 1.82) is 0 Å². The van der Waals surface area contributed by atoms with E-state index in [0.29, 0.717) is 17.9 Å². The number of ketones is 1. The quantitative estimate of drug-likeness (QED) is 0.293. The molecule has 208 valence electrons. The number of hydrogen-bond acceptors (Lipinski definition) is 7. The molecule has 0 spiro atoms. The first kappa shape index (κ1) is 29.8. The predicted molar refractivity (Wildman–Crippen MR) is 146 cm³/mol. The Bertz CT molecular complexity index is 1250. The molecule has 1 aliphatic heterocycles. The third-order valence-electron chi connectivity index (χ3n) is 6.30. The van der Waals surface area contributed by atoms with Gasteiger partial charge in [0.05, 0.1) is 11.1 Å². The molecule has 4 rings (SSSR count). The number of benzene rings is 3. The van der Waals surface area contributed by atoms with Gasteiger partial charge in [-0.3, -0.25) is 4.79 Å². The third-order valence-corrected chi connectivity index (χ3v) is 6.30. The number of aromatic carboxylic acids is 1. The van der Waals surface area contributed by atoms with Gasteiger partial charge in [-0.05, 0) is 81.0 Å². The average Bonchev–Trinajstić information content (AvgIpc) is 2.94. The number of carbonyl (C=O) groups is 2. The highest BCUT2D eigenvalue weighted by molar-refractivity contribution is 5.97. The Hall–Kier alpha value is -3.72. The molecule has 3 aromatic carbocycles. The number of rotatable bonds is 9. The minimum atomic E-state index is -0.991. The predicted octanol–water partition coefficient (Wildman–Crippen LogP) is 5.81. The zero-order valence-corrected chi connectivity index (χ0v) is 22.6. The molecule has 1 aliphatic rings. The van der Waals surface area contributed by atoms with Crippen LogP contribution in [-0.2, 0) is 16.1 Å². The van der Waals surface area contributed by atoms with E-state index in [-0.39, 0.29) is 42.2 Å². The van der Waals surface area contributed by atoms with Gasteiger partial charge in [0.15, 0.2) is 12.1 Å². The molecule has 0 radical (unpaired) electrons. The van der Waals surface area contributed by atoms with Crippen molar-refractivity contribution < 1.29 is 39.1 Å². The minimum Gasteiger partial charge on any atom is -0.507 e. The molecule has 0 aliphatic carbocycles. The maximum absolute atomic E-state index is 11.6. The second-order valence-corrected chi connectivity index (χ2v) is 9.23. The van der Waals surface area contributed by atoms with E-state index in [9.17, 15) is 19.8 Å². The maximum atomic E-state index is 11.6. The van der Waals surface area contributed by atoms with Crippen LogP contribution in [0.1, 0.15) is 82.2 Å². The fourth-order valence-electron chi connectivity index (χ4n) is 4.23. The van der Waals surface area contributed by atoms with Crippen LogP contribution >= 0.6 is 0 Å². The summed E-state index contributed by atoms with van der Waals surface area (Å²) in [7, 11) is 0. The average molecular weight is 537 g/mol. The van der Waals surface area contributed by atoms with Crippen LogP contribution in [0.5, 0.6) is 11.5 Å². The molecule has 0 amide bonds. The third kappa shape index (κ3) is 8.13. The summed E-state index contributed by atoms with van der Waals surface area (Å²) in [5.74, 6) is -0.761. The highest BCUT2D eigenvalue weighted by Crippen LogP contribution is 2.33. The molecule has 8 nitrogen and oxygen atoms in total. The van der Waals surface area contributed by atoms with Crippen LogP contribution in [0.25, 0.3) is 0 Å². The Labute approximate surface area is 228 Å². The minimum absolute atomic E-state index is 0.0659. The molecule has 0 bridgehead atoms. The molecule has 8 heteroatoms. The first-order chi connectivity index (χ1) is 18.7. The summed E-state index contributed by atoms with van der Waals surface area (Å²) in [4.78, 5) is 23.1. The lowest BCUT2D eigenvalue weighted by molar-refractivity contribution is -0.181. The van der Waals surface area contributed by atoms with E-state index in [1.165, 1.54) is 6.92 Å². The second-order valence-electron chi connectivity index (χ2n) is 9.23. The number of hydrogen-bond donors (Lipinski definition) is 3. The van der Waals surface area contributed by atoms with Gasteiger partial charge < -0.3 is 29.5 Å². The van der Waals surface area contributed by atoms with Crippen molar-refractivity contribution in [2.75, 3.05) is 13.2 Å². The van der Waals surface area contributed by atoms with Crippen molar-refractivity contribution in [1.82, 2.24) is 0 Å². The van der Waals surface area contributed by atoms with Crippen LogP contribution in [0.3, 0.4) is 0 Å². The largest absolute Gasteiger partial charge is 0.507 e. The van der Waals surface area contributed by atoms with Crippen molar-refractivity contribution >= 4 is 11.8 Å². The van der Waals surface area contributed by atoms with E-state index >= 15 is 0 Å². The summed E-state index contributed by atoms with van der Waals surface area (Å²) < 4.78 is 18.0. The van der Waals surface area contributed by atoms with Gasteiger partial charge >= 0.3 is 5.97 Å². The number of phenolic OH excluding ortho intramolecular Hbond substituents is 1. The Balaban J connectivity index is 0.00000134. The molecule has 2 unspecified atom stereocenters. The summed E-state index contributed by atoms with van der Waals surface area (Å²) >= 11 is 0. The van der Waals surface area contributed by atoms with Gasteiger partial charge in [0.2, 0.25) is 0 Å².